The average molecular weight is 300 g/mol. The van der Waals surface area contributed by atoms with Crippen molar-refractivity contribution in [2.45, 2.75) is 58.1 Å². The zero-order valence-electron chi connectivity index (χ0n) is 13.8. The summed E-state index contributed by atoms with van der Waals surface area (Å²) in [4.78, 5) is 13.8. The summed E-state index contributed by atoms with van der Waals surface area (Å²) in [7, 11) is 0. The highest BCUT2D eigenvalue weighted by atomic mass is 16.6. The molecule has 1 aliphatic heterocycles. The zero-order chi connectivity index (χ0) is 16.3. The lowest BCUT2D eigenvalue weighted by atomic mass is 9.84. The van der Waals surface area contributed by atoms with Gasteiger partial charge in [-0.3, -0.25) is 4.90 Å². The molecular formula is C18H24N2O2. The monoisotopic (exact) mass is 300 g/mol. The van der Waals surface area contributed by atoms with Gasteiger partial charge in [-0.2, -0.15) is 5.26 Å². The Labute approximate surface area is 132 Å². The number of amides is 1. The van der Waals surface area contributed by atoms with Gasteiger partial charge in [0.2, 0.25) is 0 Å². The summed E-state index contributed by atoms with van der Waals surface area (Å²) in [6.07, 6.45) is 1.14. The molecule has 2 atom stereocenters. The fourth-order valence-corrected chi connectivity index (χ4v) is 2.95. The van der Waals surface area contributed by atoms with Crippen molar-refractivity contribution in [3.8, 4) is 6.07 Å². The Morgan fingerprint density at radius 1 is 1.36 bits per heavy atom. The molecule has 0 spiro atoms. The maximum absolute atomic E-state index is 12.2. The molecule has 1 aliphatic rings. The van der Waals surface area contributed by atoms with E-state index in [9.17, 15) is 10.1 Å². The summed E-state index contributed by atoms with van der Waals surface area (Å²) in [6.45, 7) is 8.17. The van der Waals surface area contributed by atoms with E-state index in [0.29, 0.717) is 18.9 Å². The number of carbonyl (C=O) groups excluding carboxylic acids is 1. The zero-order valence-corrected chi connectivity index (χ0v) is 13.8. The molecular weight excluding hydrogens is 276 g/mol. The summed E-state index contributed by atoms with van der Waals surface area (Å²) >= 11 is 0. The van der Waals surface area contributed by atoms with Gasteiger partial charge >= 0.3 is 6.09 Å². The standard InChI is InChI=1S/C18H24N2O2/c1-13-7-5-6-8-16(13)14-9-10-20(15(11-14)12-19)17(21)22-18(2,3)4/h5-8,14-15H,9-11H2,1-4H3. The van der Waals surface area contributed by atoms with Gasteiger partial charge in [0, 0.05) is 6.54 Å². The molecule has 0 N–H and O–H groups in total. The molecule has 1 aromatic rings. The molecule has 2 unspecified atom stereocenters. The summed E-state index contributed by atoms with van der Waals surface area (Å²) in [5.41, 5.74) is 1.99. The topological polar surface area (TPSA) is 53.3 Å². The second kappa shape index (κ2) is 6.39. The van der Waals surface area contributed by atoms with Crippen LogP contribution in [0.1, 0.15) is 50.7 Å². The first-order chi connectivity index (χ1) is 10.3. The van der Waals surface area contributed by atoms with Gasteiger partial charge in [-0.15, -0.1) is 0 Å². The van der Waals surface area contributed by atoms with Crippen molar-refractivity contribution in [2.75, 3.05) is 6.54 Å². The molecule has 2 rings (SSSR count). The van der Waals surface area contributed by atoms with E-state index < -0.39 is 11.6 Å². The highest BCUT2D eigenvalue weighted by Crippen LogP contribution is 2.33. The van der Waals surface area contributed by atoms with Crippen LogP contribution in [-0.4, -0.2) is 29.2 Å². The van der Waals surface area contributed by atoms with Crippen molar-refractivity contribution >= 4 is 6.09 Å². The molecule has 118 valence electrons. The molecule has 1 aromatic carbocycles. The maximum Gasteiger partial charge on any atom is 0.411 e. The summed E-state index contributed by atoms with van der Waals surface area (Å²) in [6, 6.07) is 10.1. The van der Waals surface area contributed by atoms with Crippen LogP contribution in [-0.2, 0) is 4.74 Å². The first kappa shape index (κ1) is 16.4. The predicted octanol–water partition coefficient (Wildman–Crippen LogP) is 4.00. The fraction of sp³-hybridized carbons (Fsp3) is 0.556. The van der Waals surface area contributed by atoms with Crippen LogP contribution in [0.5, 0.6) is 0 Å². The van der Waals surface area contributed by atoms with E-state index in [0.717, 1.165) is 6.42 Å². The number of piperidine rings is 1. The van der Waals surface area contributed by atoms with Crippen molar-refractivity contribution in [1.82, 2.24) is 4.90 Å². The highest BCUT2D eigenvalue weighted by Gasteiger charge is 2.35. The van der Waals surface area contributed by atoms with Crippen LogP contribution < -0.4 is 0 Å². The summed E-state index contributed by atoms with van der Waals surface area (Å²) < 4.78 is 5.41. The lowest BCUT2D eigenvalue weighted by Gasteiger charge is -2.37. The SMILES string of the molecule is Cc1ccccc1C1CCN(C(=O)OC(C)(C)C)C(C#N)C1. The van der Waals surface area contributed by atoms with Crippen LogP contribution in [0, 0.1) is 18.3 Å². The van der Waals surface area contributed by atoms with Crippen LogP contribution in [0.2, 0.25) is 0 Å². The van der Waals surface area contributed by atoms with Crippen molar-refractivity contribution in [3.63, 3.8) is 0 Å². The van der Waals surface area contributed by atoms with Crippen LogP contribution in [0.15, 0.2) is 24.3 Å². The number of aryl methyl sites for hydroxylation is 1. The second-order valence-electron chi connectivity index (χ2n) is 6.90. The lowest BCUT2D eigenvalue weighted by molar-refractivity contribution is 0.0141. The number of likely N-dealkylation sites (tertiary alicyclic amines) is 1. The molecule has 0 radical (unpaired) electrons. The normalized spacial score (nSPS) is 22.0. The van der Waals surface area contributed by atoms with Gasteiger partial charge in [0.15, 0.2) is 0 Å². The Bertz CT molecular complexity index is 583. The number of carbonyl (C=O) groups is 1. The molecule has 1 saturated heterocycles. The van der Waals surface area contributed by atoms with Gasteiger partial charge in [0.05, 0.1) is 6.07 Å². The van der Waals surface area contributed by atoms with Crippen LogP contribution in [0.4, 0.5) is 4.79 Å². The van der Waals surface area contributed by atoms with Gasteiger partial charge in [0.1, 0.15) is 11.6 Å². The third kappa shape index (κ3) is 3.79. The molecule has 22 heavy (non-hydrogen) atoms. The molecule has 4 heteroatoms. The molecule has 1 heterocycles. The summed E-state index contributed by atoms with van der Waals surface area (Å²) in [5, 5.41) is 9.44. The highest BCUT2D eigenvalue weighted by molar-refractivity contribution is 5.69. The maximum atomic E-state index is 12.2. The van der Waals surface area contributed by atoms with E-state index in [2.05, 4.69) is 25.1 Å². The Kier molecular flexibility index (Phi) is 4.75. The van der Waals surface area contributed by atoms with Crippen molar-refractivity contribution in [2.24, 2.45) is 0 Å². The van der Waals surface area contributed by atoms with Crippen LogP contribution in [0.3, 0.4) is 0 Å². The predicted molar refractivity (Wildman–Crippen MR) is 85.5 cm³/mol. The van der Waals surface area contributed by atoms with Gasteiger partial charge in [0.25, 0.3) is 0 Å². The molecule has 0 aliphatic carbocycles. The molecule has 1 amide bonds. The number of ether oxygens (including phenoxy) is 1. The molecule has 0 bridgehead atoms. The number of rotatable bonds is 1. The van der Waals surface area contributed by atoms with Gasteiger partial charge in [-0.1, -0.05) is 24.3 Å². The van der Waals surface area contributed by atoms with E-state index in [1.807, 2.05) is 32.9 Å². The van der Waals surface area contributed by atoms with Gasteiger partial charge in [-0.25, -0.2) is 4.79 Å². The Morgan fingerprint density at radius 2 is 2.05 bits per heavy atom. The Hall–Kier alpha value is -2.02. The van der Waals surface area contributed by atoms with Crippen molar-refractivity contribution in [1.29, 1.82) is 5.26 Å². The van der Waals surface area contributed by atoms with Gasteiger partial charge in [-0.05, 0) is 57.6 Å². The van der Waals surface area contributed by atoms with E-state index in [1.165, 1.54) is 11.1 Å². The van der Waals surface area contributed by atoms with Crippen molar-refractivity contribution < 1.29 is 9.53 Å². The minimum atomic E-state index is -0.538. The quantitative estimate of drug-likeness (QED) is 0.787. The van der Waals surface area contributed by atoms with Crippen LogP contribution >= 0.6 is 0 Å². The second-order valence-corrected chi connectivity index (χ2v) is 6.90. The minimum Gasteiger partial charge on any atom is -0.444 e. The molecule has 0 saturated carbocycles. The number of hydrogen-bond acceptors (Lipinski definition) is 3. The fourth-order valence-electron chi connectivity index (χ4n) is 2.95. The van der Waals surface area contributed by atoms with E-state index >= 15 is 0 Å². The number of nitrogens with zero attached hydrogens (tertiary/aromatic N) is 2. The number of benzene rings is 1. The molecule has 0 aromatic heterocycles. The number of hydrogen-bond donors (Lipinski definition) is 0. The first-order valence-electron chi connectivity index (χ1n) is 7.76. The van der Waals surface area contributed by atoms with E-state index in [1.54, 1.807) is 4.90 Å². The first-order valence-corrected chi connectivity index (χ1v) is 7.76. The van der Waals surface area contributed by atoms with Crippen LogP contribution in [0.25, 0.3) is 0 Å². The number of nitriles is 1. The Morgan fingerprint density at radius 3 is 2.64 bits per heavy atom. The average Bonchev–Trinajstić information content (AvgIpc) is 2.45. The van der Waals surface area contributed by atoms with Gasteiger partial charge < -0.3 is 4.74 Å². The molecule has 4 nitrogen and oxygen atoms in total. The minimum absolute atomic E-state index is 0.324. The third-order valence-corrected chi connectivity index (χ3v) is 4.01. The summed E-state index contributed by atoms with van der Waals surface area (Å²) in [5.74, 6) is 0.324. The van der Waals surface area contributed by atoms with E-state index in [4.69, 9.17) is 4.74 Å². The smallest absolute Gasteiger partial charge is 0.411 e. The lowest BCUT2D eigenvalue weighted by Crippen LogP contribution is -2.47. The Balaban J connectivity index is 2.11. The largest absolute Gasteiger partial charge is 0.444 e. The molecule has 1 fully saturated rings. The van der Waals surface area contributed by atoms with E-state index in [-0.39, 0.29) is 6.09 Å². The third-order valence-electron chi connectivity index (χ3n) is 4.01. The van der Waals surface area contributed by atoms with Crippen molar-refractivity contribution in [3.05, 3.63) is 35.4 Å².